The van der Waals surface area contributed by atoms with E-state index >= 15 is 0 Å². The van der Waals surface area contributed by atoms with E-state index in [0.29, 0.717) is 11.3 Å². The highest BCUT2D eigenvalue weighted by Crippen LogP contribution is 2.49. The summed E-state index contributed by atoms with van der Waals surface area (Å²) in [6.45, 7) is 2.18. The zero-order chi connectivity index (χ0) is 12.4. The van der Waals surface area contributed by atoms with Gasteiger partial charge < -0.3 is 5.32 Å². The number of piperidine rings is 1. The summed E-state index contributed by atoms with van der Waals surface area (Å²) in [6.07, 6.45) is 3.94. The summed E-state index contributed by atoms with van der Waals surface area (Å²) in [4.78, 5) is 0. The van der Waals surface area contributed by atoms with E-state index in [1.54, 1.807) is 12.1 Å². The lowest BCUT2D eigenvalue weighted by Gasteiger charge is -2.47. The Bertz CT molecular complexity index is 389. The molecule has 0 amide bonds. The van der Waals surface area contributed by atoms with E-state index in [9.17, 15) is 4.39 Å². The standard InChI is InChI=1S/C15H20FNS/c16-13-4-2-12(3-5-13)14-10-17-8-7-15(14)6-1-9-18-11-15/h2-5,14,17H,1,6-11H2. The molecule has 2 heterocycles. The third kappa shape index (κ3) is 2.30. The van der Waals surface area contributed by atoms with Gasteiger partial charge in [-0.15, -0.1) is 0 Å². The molecule has 2 aliphatic rings. The van der Waals surface area contributed by atoms with Gasteiger partial charge in [-0.3, -0.25) is 0 Å². The number of nitrogens with one attached hydrogen (secondary N) is 1. The Labute approximate surface area is 113 Å². The molecule has 0 aliphatic carbocycles. The van der Waals surface area contributed by atoms with Gasteiger partial charge in [0, 0.05) is 12.5 Å². The van der Waals surface area contributed by atoms with Crippen LogP contribution in [-0.4, -0.2) is 24.6 Å². The average molecular weight is 265 g/mol. The molecular formula is C15H20FNS. The molecule has 2 unspecified atom stereocenters. The highest BCUT2D eigenvalue weighted by molar-refractivity contribution is 7.99. The molecule has 0 bridgehead atoms. The van der Waals surface area contributed by atoms with Gasteiger partial charge in [-0.2, -0.15) is 11.8 Å². The Morgan fingerprint density at radius 1 is 1.22 bits per heavy atom. The van der Waals surface area contributed by atoms with Crippen molar-refractivity contribution in [2.75, 3.05) is 24.6 Å². The number of benzene rings is 1. The fraction of sp³-hybridized carbons (Fsp3) is 0.600. The number of rotatable bonds is 1. The minimum Gasteiger partial charge on any atom is -0.316 e. The van der Waals surface area contributed by atoms with Crippen LogP contribution in [0.1, 0.15) is 30.7 Å². The maximum absolute atomic E-state index is 13.1. The minimum atomic E-state index is -0.130. The normalized spacial score (nSPS) is 32.6. The Morgan fingerprint density at radius 3 is 2.78 bits per heavy atom. The third-order valence-electron chi connectivity index (χ3n) is 4.51. The molecule has 2 aliphatic heterocycles. The van der Waals surface area contributed by atoms with Crippen molar-refractivity contribution in [3.63, 3.8) is 0 Å². The fourth-order valence-electron chi connectivity index (χ4n) is 3.49. The summed E-state index contributed by atoms with van der Waals surface area (Å²) in [5.74, 6) is 3.01. The van der Waals surface area contributed by atoms with Gasteiger partial charge in [-0.25, -0.2) is 4.39 Å². The molecular weight excluding hydrogens is 245 g/mol. The van der Waals surface area contributed by atoms with Crippen LogP contribution < -0.4 is 5.32 Å². The van der Waals surface area contributed by atoms with Crippen LogP contribution in [0.5, 0.6) is 0 Å². The van der Waals surface area contributed by atoms with Crippen molar-refractivity contribution in [3.05, 3.63) is 35.6 Å². The molecule has 1 nitrogen and oxygen atoms in total. The van der Waals surface area contributed by atoms with Crippen molar-refractivity contribution >= 4 is 11.8 Å². The Kier molecular flexibility index (Phi) is 3.62. The molecule has 3 heteroatoms. The van der Waals surface area contributed by atoms with Crippen molar-refractivity contribution in [1.29, 1.82) is 0 Å². The molecule has 0 saturated carbocycles. The van der Waals surface area contributed by atoms with Gasteiger partial charge in [0.25, 0.3) is 0 Å². The van der Waals surface area contributed by atoms with Crippen molar-refractivity contribution < 1.29 is 4.39 Å². The molecule has 0 radical (unpaired) electrons. The van der Waals surface area contributed by atoms with Gasteiger partial charge >= 0.3 is 0 Å². The van der Waals surface area contributed by atoms with Crippen LogP contribution in [0, 0.1) is 11.2 Å². The van der Waals surface area contributed by atoms with Crippen molar-refractivity contribution in [3.8, 4) is 0 Å². The fourth-order valence-corrected chi connectivity index (χ4v) is 4.88. The quantitative estimate of drug-likeness (QED) is 0.835. The lowest BCUT2D eigenvalue weighted by atomic mass is 9.66. The van der Waals surface area contributed by atoms with Crippen LogP contribution in [0.2, 0.25) is 0 Å². The van der Waals surface area contributed by atoms with Gasteiger partial charge in [0.15, 0.2) is 0 Å². The number of thioether (sulfide) groups is 1. The average Bonchev–Trinajstić information content (AvgIpc) is 2.42. The first-order chi connectivity index (χ1) is 8.80. The molecule has 2 atom stereocenters. The van der Waals surface area contributed by atoms with Gasteiger partial charge in [0.05, 0.1) is 0 Å². The minimum absolute atomic E-state index is 0.130. The Balaban J connectivity index is 1.89. The molecule has 3 rings (SSSR count). The van der Waals surface area contributed by atoms with E-state index in [1.807, 2.05) is 12.1 Å². The lowest BCUT2D eigenvalue weighted by Crippen LogP contribution is -2.46. The number of hydrogen-bond donors (Lipinski definition) is 1. The lowest BCUT2D eigenvalue weighted by molar-refractivity contribution is 0.173. The smallest absolute Gasteiger partial charge is 0.123 e. The van der Waals surface area contributed by atoms with Crippen LogP contribution in [0.15, 0.2) is 24.3 Å². The molecule has 0 aromatic heterocycles. The van der Waals surface area contributed by atoms with Crippen molar-refractivity contribution in [2.45, 2.75) is 25.2 Å². The molecule has 1 spiro atoms. The summed E-state index contributed by atoms with van der Waals surface area (Å²) in [6, 6.07) is 7.17. The van der Waals surface area contributed by atoms with E-state index in [1.165, 1.54) is 36.3 Å². The van der Waals surface area contributed by atoms with E-state index in [4.69, 9.17) is 0 Å². The predicted octanol–water partition coefficient (Wildman–Crippen LogP) is 3.42. The van der Waals surface area contributed by atoms with Gasteiger partial charge in [0.2, 0.25) is 0 Å². The second kappa shape index (κ2) is 5.22. The Hall–Kier alpha value is -0.540. The van der Waals surface area contributed by atoms with Gasteiger partial charge in [-0.05, 0) is 60.4 Å². The zero-order valence-corrected chi connectivity index (χ0v) is 11.4. The Morgan fingerprint density at radius 2 is 2.06 bits per heavy atom. The number of hydrogen-bond acceptors (Lipinski definition) is 2. The van der Waals surface area contributed by atoms with Crippen LogP contribution in [0.3, 0.4) is 0 Å². The van der Waals surface area contributed by atoms with Crippen molar-refractivity contribution in [1.82, 2.24) is 5.32 Å². The molecule has 2 fully saturated rings. The highest BCUT2D eigenvalue weighted by atomic mass is 32.2. The van der Waals surface area contributed by atoms with E-state index in [0.717, 1.165) is 13.1 Å². The molecule has 1 aromatic rings. The van der Waals surface area contributed by atoms with E-state index in [2.05, 4.69) is 17.1 Å². The SMILES string of the molecule is Fc1ccc(C2CNCCC23CCCSC3)cc1. The maximum Gasteiger partial charge on any atom is 0.123 e. The molecule has 1 aromatic carbocycles. The summed E-state index contributed by atoms with van der Waals surface area (Å²) in [7, 11) is 0. The molecule has 1 N–H and O–H groups in total. The summed E-state index contributed by atoms with van der Waals surface area (Å²) in [5.41, 5.74) is 1.76. The largest absolute Gasteiger partial charge is 0.316 e. The zero-order valence-electron chi connectivity index (χ0n) is 10.6. The van der Waals surface area contributed by atoms with Crippen LogP contribution in [-0.2, 0) is 0 Å². The second-order valence-corrected chi connectivity index (χ2v) is 6.68. The molecule has 2 saturated heterocycles. The van der Waals surface area contributed by atoms with E-state index in [-0.39, 0.29) is 5.82 Å². The predicted molar refractivity (Wildman–Crippen MR) is 75.6 cm³/mol. The first-order valence-electron chi connectivity index (χ1n) is 6.84. The summed E-state index contributed by atoms with van der Waals surface area (Å²) >= 11 is 2.10. The van der Waals surface area contributed by atoms with Crippen LogP contribution >= 0.6 is 11.8 Å². The third-order valence-corrected chi connectivity index (χ3v) is 5.87. The first kappa shape index (κ1) is 12.5. The first-order valence-corrected chi connectivity index (χ1v) is 8.00. The monoisotopic (exact) mass is 265 g/mol. The second-order valence-electron chi connectivity index (χ2n) is 5.58. The van der Waals surface area contributed by atoms with Crippen LogP contribution in [0.25, 0.3) is 0 Å². The number of halogens is 1. The van der Waals surface area contributed by atoms with Crippen LogP contribution in [0.4, 0.5) is 4.39 Å². The highest BCUT2D eigenvalue weighted by Gasteiger charge is 2.42. The maximum atomic E-state index is 13.1. The van der Waals surface area contributed by atoms with Gasteiger partial charge in [0.1, 0.15) is 5.82 Å². The summed E-state index contributed by atoms with van der Waals surface area (Å²) in [5, 5.41) is 3.52. The molecule has 98 valence electrons. The topological polar surface area (TPSA) is 12.0 Å². The van der Waals surface area contributed by atoms with Gasteiger partial charge in [-0.1, -0.05) is 12.1 Å². The summed E-state index contributed by atoms with van der Waals surface area (Å²) < 4.78 is 13.1. The van der Waals surface area contributed by atoms with E-state index < -0.39 is 0 Å². The van der Waals surface area contributed by atoms with Crippen molar-refractivity contribution in [2.24, 2.45) is 5.41 Å². The molecule has 18 heavy (non-hydrogen) atoms.